The first-order chi connectivity index (χ1) is 8.72. The third-order valence-electron chi connectivity index (χ3n) is 3.06. The molecule has 92 valence electrons. The summed E-state index contributed by atoms with van der Waals surface area (Å²) in [6.07, 6.45) is 1.00. The van der Waals surface area contributed by atoms with Gasteiger partial charge in [-0.1, -0.05) is 42.5 Å². The minimum Gasteiger partial charge on any atom is -0.378 e. The van der Waals surface area contributed by atoms with Crippen LogP contribution in [-0.2, 0) is 4.79 Å². The van der Waals surface area contributed by atoms with Gasteiger partial charge in [-0.3, -0.25) is 0 Å². The molecule has 0 bridgehead atoms. The number of carbonyl (C=O) groups is 1. The second-order valence-electron chi connectivity index (χ2n) is 4.51. The van der Waals surface area contributed by atoms with Gasteiger partial charge >= 0.3 is 0 Å². The second-order valence-corrected chi connectivity index (χ2v) is 4.51. The zero-order valence-electron chi connectivity index (χ0n) is 10.7. The van der Waals surface area contributed by atoms with Crippen LogP contribution in [0.2, 0.25) is 0 Å². The number of anilines is 1. The number of benzene rings is 2. The van der Waals surface area contributed by atoms with Crippen molar-refractivity contribution in [2.75, 3.05) is 19.0 Å². The highest BCUT2D eigenvalue weighted by Crippen LogP contribution is 2.24. The predicted molar refractivity (Wildman–Crippen MR) is 75.1 cm³/mol. The number of hydrogen-bond donors (Lipinski definition) is 0. The minimum atomic E-state index is -0.178. The molecule has 0 saturated carbocycles. The number of hydrogen-bond acceptors (Lipinski definition) is 2. The van der Waals surface area contributed by atoms with Crippen molar-refractivity contribution < 1.29 is 4.79 Å². The summed E-state index contributed by atoms with van der Waals surface area (Å²) in [7, 11) is 4.01. The molecule has 0 heterocycles. The van der Waals surface area contributed by atoms with Gasteiger partial charge in [0.15, 0.2) is 0 Å². The van der Waals surface area contributed by atoms with E-state index in [9.17, 15) is 4.79 Å². The lowest BCUT2D eigenvalue weighted by Gasteiger charge is -2.15. The third kappa shape index (κ3) is 2.59. The van der Waals surface area contributed by atoms with Gasteiger partial charge in [0, 0.05) is 19.8 Å². The van der Waals surface area contributed by atoms with Crippen molar-refractivity contribution >= 4 is 12.0 Å². The van der Waals surface area contributed by atoms with Crippen LogP contribution >= 0.6 is 0 Å². The van der Waals surface area contributed by atoms with E-state index < -0.39 is 0 Å². The topological polar surface area (TPSA) is 20.3 Å². The van der Waals surface area contributed by atoms with Crippen LogP contribution in [0.5, 0.6) is 0 Å². The van der Waals surface area contributed by atoms with Crippen LogP contribution in [0, 0.1) is 0 Å². The van der Waals surface area contributed by atoms with Gasteiger partial charge in [0.05, 0.1) is 5.92 Å². The van der Waals surface area contributed by atoms with Gasteiger partial charge in [-0.05, 0) is 23.3 Å². The smallest absolute Gasteiger partial charge is 0.131 e. The fourth-order valence-electron chi connectivity index (χ4n) is 1.99. The van der Waals surface area contributed by atoms with Crippen molar-refractivity contribution in [1.82, 2.24) is 0 Å². The zero-order valence-corrected chi connectivity index (χ0v) is 10.7. The van der Waals surface area contributed by atoms with Gasteiger partial charge in [-0.15, -0.1) is 0 Å². The maximum atomic E-state index is 11.3. The van der Waals surface area contributed by atoms with Gasteiger partial charge in [0.1, 0.15) is 6.29 Å². The average Bonchev–Trinajstić information content (AvgIpc) is 2.41. The van der Waals surface area contributed by atoms with Gasteiger partial charge < -0.3 is 9.69 Å². The first kappa shape index (κ1) is 12.4. The molecule has 1 atom stereocenters. The van der Waals surface area contributed by atoms with Crippen LogP contribution in [0.1, 0.15) is 17.0 Å². The fraction of sp³-hybridized carbons (Fsp3) is 0.188. The van der Waals surface area contributed by atoms with E-state index in [-0.39, 0.29) is 5.92 Å². The maximum absolute atomic E-state index is 11.3. The highest BCUT2D eigenvalue weighted by atomic mass is 16.1. The molecule has 0 aliphatic heterocycles. The molecule has 2 aromatic rings. The van der Waals surface area contributed by atoms with Crippen LogP contribution in [0.15, 0.2) is 54.6 Å². The molecule has 2 heteroatoms. The molecule has 0 fully saturated rings. The minimum absolute atomic E-state index is 0.178. The molecule has 1 unspecified atom stereocenters. The molecule has 2 rings (SSSR count). The lowest BCUT2D eigenvalue weighted by molar-refractivity contribution is -0.108. The first-order valence-corrected chi connectivity index (χ1v) is 6.00. The maximum Gasteiger partial charge on any atom is 0.131 e. The van der Waals surface area contributed by atoms with Crippen molar-refractivity contribution in [1.29, 1.82) is 0 Å². The Bertz CT molecular complexity index is 502. The zero-order chi connectivity index (χ0) is 13.0. The summed E-state index contributed by atoms with van der Waals surface area (Å²) in [5.74, 6) is -0.178. The van der Waals surface area contributed by atoms with Crippen molar-refractivity contribution in [3.8, 4) is 0 Å². The van der Waals surface area contributed by atoms with Crippen LogP contribution in [0.4, 0.5) is 5.69 Å². The molecule has 2 aromatic carbocycles. The summed E-state index contributed by atoms with van der Waals surface area (Å²) in [5, 5.41) is 0. The standard InChI is InChI=1S/C16H17NO/c1-17(2)15-10-8-14(9-11-15)16(12-18)13-6-4-3-5-7-13/h3-12,16H,1-2H3. The summed E-state index contributed by atoms with van der Waals surface area (Å²) in [5.41, 5.74) is 3.20. The molecular formula is C16H17NO. The molecule has 0 aliphatic rings. The Morgan fingerprint density at radius 3 is 1.94 bits per heavy atom. The summed E-state index contributed by atoms with van der Waals surface area (Å²) < 4.78 is 0. The average molecular weight is 239 g/mol. The normalized spacial score (nSPS) is 11.9. The van der Waals surface area contributed by atoms with Gasteiger partial charge in [-0.25, -0.2) is 0 Å². The van der Waals surface area contributed by atoms with Crippen molar-refractivity contribution in [3.05, 3.63) is 65.7 Å². The molecule has 0 amide bonds. The Hall–Kier alpha value is -2.09. The second kappa shape index (κ2) is 5.50. The largest absolute Gasteiger partial charge is 0.378 e. The Morgan fingerprint density at radius 1 is 0.889 bits per heavy atom. The number of nitrogens with zero attached hydrogens (tertiary/aromatic N) is 1. The van der Waals surface area contributed by atoms with E-state index in [1.165, 1.54) is 0 Å². The molecule has 0 spiro atoms. The third-order valence-corrected chi connectivity index (χ3v) is 3.06. The Morgan fingerprint density at radius 2 is 1.44 bits per heavy atom. The SMILES string of the molecule is CN(C)c1ccc(C(C=O)c2ccccc2)cc1. The van der Waals surface area contributed by atoms with Crippen LogP contribution < -0.4 is 4.90 Å². The molecule has 0 aliphatic carbocycles. The van der Waals surface area contributed by atoms with Crippen LogP contribution in [-0.4, -0.2) is 20.4 Å². The Labute approximate surface area is 108 Å². The van der Waals surface area contributed by atoms with E-state index in [4.69, 9.17) is 0 Å². The van der Waals surface area contributed by atoms with Gasteiger partial charge in [0.2, 0.25) is 0 Å². The fourth-order valence-corrected chi connectivity index (χ4v) is 1.99. The van der Waals surface area contributed by atoms with Crippen molar-refractivity contribution in [2.24, 2.45) is 0 Å². The van der Waals surface area contributed by atoms with Gasteiger partial charge in [-0.2, -0.15) is 0 Å². The lowest BCUT2D eigenvalue weighted by atomic mass is 9.92. The molecule has 0 radical (unpaired) electrons. The molecule has 0 saturated heterocycles. The Balaban J connectivity index is 2.31. The predicted octanol–water partition coefficient (Wildman–Crippen LogP) is 3.08. The van der Waals surface area contributed by atoms with E-state index in [1.54, 1.807) is 0 Å². The Kier molecular flexibility index (Phi) is 3.78. The summed E-state index contributed by atoms with van der Waals surface area (Å²) in [4.78, 5) is 13.4. The van der Waals surface area contributed by atoms with Gasteiger partial charge in [0.25, 0.3) is 0 Å². The van der Waals surface area contributed by atoms with E-state index in [2.05, 4.69) is 0 Å². The molecule has 0 aromatic heterocycles. The summed E-state index contributed by atoms with van der Waals surface area (Å²) in [6.45, 7) is 0. The van der Waals surface area contributed by atoms with Crippen LogP contribution in [0.3, 0.4) is 0 Å². The van der Waals surface area contributed by atoms with Crippen molar-refractivity contribution in [2.45, 2.75) is 5.92 Å². The quantitative estimate of drug-likeness (QED) is 0.764. The number of rotatable bonds is 4. The van der Waals surface area contributed by atoms with E-state index in [0.717, 1.165) is 23.1 Å². The van der Waals surface area contributed by atoms with E-state index in [0.29, 0.717) is 0 Å². The van der Waals surface area contributed by atoms with E-state index in [1.807, 2.05) is 73.6 Å². The van der Waals surface area contributed by atoms with Crippen LogP contribution in [0.25, 0.3) is 0 Å². The molecule has 0 N–H and O–H groups in total. The van der Waals surface area contributed by atoms with Crippen molar-refractivity contribution in [3.63, 3.8) is 0 Å². The molecule has 18 heavy (non-hydrogen) atoms. The van der Waals surface area contributed by atoms with E-state index >= 15 is 0 Å². The molecular weight excluding hydrogens is 222 g/mol. The highest BCUT2D eigenvalue weighted by molar-refractivity contribution is 5.68. The highest BCUT2D eigenvalue weighted by Gasteiger charge is 2.12. The lowest BCUT2D eigenvalue weighted by Crippen LogP contribution is -2.09. The summed E-state index contributed by atoms with van der Waals surface area (Å²) in [6, 6.07) is 17.9. The summed E-state index contributed by atoms with van der Waals surface area (Å²) >= 11 is 0. The molecule has 2 nitrogen and oxygen atoms in total. The number of aldehydes is 1. The number of carbonyl (C=O) groups excluding carboxylic acids is 1. The first-order valence-electron chi connectivity index (χ1n) is 6.00. The monoisotopic (exact) mass is 239 g/mol.